The Balaban J connectivity index is 0.000000316. The lowest BCUT2D eigenvalue weighted by atomic mass is 9.95. The van der Waals surface area contributed by atoms with E-state index in [0.717, 1.165) is 17.5 Å². The molecule has 0 radical (unpaired) electrons. The van der Waals surface area contributed by atoms with Crippen molar-refractivity contribution in [3.63, 3.8) is 0 Å². The van der Waals surface area contributed by atoms with Crippen LogP contribution in [0.3, 0.4) is 0 Å². The third kappa shape index (κ3) is 10.4. The van der Waals surface area contributed by atoms with Gasteiger partial charge >= 0.3 is 11.9 Å². The van der Waals surface area contributed by atoms with Crippen LogP contribution in [0.15, 0.2) is 48.5 Å². The van der Waals surface area contributed by atoms with Crippen LogP contribution in [0.4, 0.5) is 0 Å². The molecule has 0 aromatic heterocycles. The minimum absolute atomic E-state index is 0.141. The van der Waals surface area contributed by atoms with Gasteiger partial charge in [0.15, 0.2) is 0 Å². The van der Waals surface area contributed by atoms with Gasteiger partial charge in [-0.1, -0.05) is 61.8 Å². The summed E-state index contributed by atoms with van der Waals surface area (Å²) in [4.78, 5) is 21.6. The summed E-state index contributed by atoms with van der Waals surface area (Å²) in [6.07, 6.45) is 1.96. The number of carboxylic acid groups (broad SMARTS) is 2. The number of rotatable bonds is 10. The summed E-state index contributed by atoms with van der Waals surface area (Å²) in [7, 11) is 0. The quantitative estimate of drug-likeness (QED) is 0.439. The number of hydrogen-bond donors (Lipinski definition) is 4. The first-order valence-electron chi connectivity index (χ1n) is 10.3. The summed E-state index contributed by atoms with van der Waals surface area (Å²) in [5.41, 5.74) is 14.0. The lowest BCUT2D eigenvalue weighted by Crippen LogP contribution is -2.25. The first kappa shape index (κ1) is 26.6. The van der Waals surface area contributed by atoms with Crippen LogP contribution in [0.5, 0.6) is 0 Å². The van der Waals surface area contributed by atoms with Crippen LogP contribution in [0.2, 0.25) is 5.02 Å². The first-order valence-corrected chi connectivity index (χ1v) is 10.7. The summed E-state index contributed by atoms with van der Waals surface area (Å²) >= 11 is 5.77. The van der Waals surface area contributed by atoms with E-state index >= 15 is 0 Å². The van der Waals surface area contributed by atoms with Gasteiger partial charge in [0.05, 0.1) is 11.8 Å². The first-order chi connectivity index (χ1) is 14.7. The van der Waals surface area contributed by atoms with Gasteiger partial charge in [-0.25, -0.2) is 0 Å². The lowest BCUT2D eigenvalue weighted by molar-refractivity contribution is -0.142. The second-order valence-corrected chi connectivity index (χ2v) is 8.43. The number of nitrogens with two attached hydrogens (primary N) is 2. The van der Waals surface area contributed by atoms with E-state index in [1.807, 2.05) is 18.2 Å². The van der Waals surface area contributed by atoms with Gasteiger partial charge in [-0.3, -0.25) is 9.59 Å². The normalized spacial score (nSPS) is 12.6. The van der Waals surface area contributed by atoms with Crippen molar-refractivity contribution in [2.24, 2.45) is 29.2 Å². The second-order valence-electron chi connectivity index (χ2n) is 8.00. The van der Waals surface area contributed by atoms with Crippen molar-refractivity contribution < 1.29 is 19.8 Å². The van der Waals surface area contributed by atoms with Gasteiger partial charge in [0.25, 0.3) is 0 Å². The van der Waals surface area contributed by atoms with E-state index in [0.29, 0.717) is 23.8 Å². The molecule has 0 unspecified atom stereocenters. The molecule has 170 valence electrons. The van der Waals surface area contributed by atoms with Crippen molar-refractivity contribution in [3.8, 4) is 0 Å². The number of carbonyl (C=O) groups is 2. The van der Waals surface area contributed by atoms with Crippen molar-refractivity contribution in [2.75, 3.05) is 13.1 Å². The van der Waals surface area contributed by atoms with Gasteiger partial charge < -0.3 is 21.7 Å². The predicted molar refractivity (Wildman–Crippen MR) is 124 cm³/mol. The van der Waals surface area contributed by atoms with E-state index in [2.05, 4.69) is 26.0 Å². The number of benzene rings is 2. The molecule has 0 saturated heterocycles. The maximum Gasteiger partial charge on any atom is 0.308 e. The molecule has 0 aliphatic heterocycles. The zero-order valence-corrected chi connectivity index (χ0v) is 18.9. The molecule has 2 aromatic carbocycles. The Bertz CT molecular complexity index is 842. The molecule has 2 rings (SSSR count). The van der Waals surface area contributed by atoms with Crippen LogP contribution in [0.1, 0.15) is 30.5 Å². The Morgan fingerprint density at radius 2 is 1.23 bits per heavy atom. The summed E-state index contributed by atoms with van der Waals surface area (Å²) in [6.45, 7) is 4.67. The number of halogens is 1. The largest absolute Gasteiger partial charge is 0.481 e. The summed E-state index contributed by atoms with van der Waals surface area (Å²) in [6, 6.07) is 15.3. The molecule has 2 atom stereocenters. The zero-order valence-electron chi connectivity index (χ0n) is 18.1. The highest BCUT2D eigenvalue weighted by atomic mass is 35.5. The van der Waals surface area contributed by atoms with Crippen LogP contribution in [0, 0.1) is 17.8 Å². The molecule has 6 N–H and O–H groups in total. The monoisotopic (exact) mass is 448 g/mol. The molecule has 0 aliphatic rings. The molecular formula is C24H33ClN2O4. The van der Waals surface area contributed by atoms with E-state index in [1.165, 1.54) is 5.56 Å². The lowest BCUT2D eigenvalue weighted by Gasteiger charge is -2.11. The Kier molecular flexibility index (Phi) is 11.9. The van der Waals surface area contributed by atoms with Crippen LogP contribution in [-0.2, 0) is 28.9 Å². The van der Waals surface area contributed by atoms with Crippen molar-refractivity contribution in [3.05, 3.63) is 70.2 Å². The minimum atomic E-state index is -0.868. The molecule has 0 amide bonds. The van der Waals surface area contributed by atoms with E-state index in [1.54, 1.807) is 18.2 Å². The Morgan fingerprint density at radius 1 is 0.806 bits per heavy atom. The highest BCUT2D eigenvalue weighted by Crippen LogP contribution is 2.15. The summed E-state index contributed by atoms with van der Waals surface area (Å²) in [5, 5.41) is 18.4. The SMILES string of the molecule is CC(C)Cc1cccc(C[C@@H](CN)C(=O)O)c1.NC[C@H](Cc1cccc(Cl)c1)C(=O)O. The number of hydrogen-bond acceptors (Lipinski definition) is 4. The van der Waals surface area contributed by atoms with Crippen LogP contribution < -0.4 is 11.5 Å². The minimum Gasteiger partial charge on any atom is -0.481 e. The van der Waals surface area contributed by atoms with Crippen molar-refractivity contribution >= 4 is 23.5 Å². The van der Waals surface area contributed by atoms with Crippen molar-refractivity contribution in [1.29, 1.82) is 0 Å². The molecule has 2 aromatic rings. The molecule has 0 heterocycles. The summed E-state index contributed by atoms with van der Waals surface area (Å²) < 4.78 is 0. The number of carboxylic acids is 2. The maximum atomic E-state index is 10.9. The Labute approximate surface area is 189 Å². The molecule has 0 aliphatic carbocycles. The maximum absolute atomic E-state index is 10.9. The number of aliphatic carboxylic acids is 2. The van der Waals surface area contributed by atoms with Crippen LogP contribution in [0.25, 0.3) is 0 Å². The predicted octanol–water partition coefficient (Wildman–Crippen LogP) is 3.63. The van der Waals surface area contributed by atoms with Gasteiger partial charge in [-0.2, -0.15) is 0 Å². The molecule has 0 fully saturated rings. The zero-order chi connectivity index (χ0) is 23.4. The molecule has 0 bridgehead atoms. The van der Waals surface area contributed by atoms with Crippen LogP contribution >= 0.6 is 11.6 Å². The van der Waals surface area contributed by atoms with Crippen molar-refractivity contribution in [2.45, 2.75) is 33.1 Å². The smallest absolute Gasteiger partial charge is 0.308 e. The topological polar surface area (TPSA) is 127 Å². The average Bonchev–Trinajstić information content (AvgIpc) is 2.70. The third-order valence-corrected chi connectivity index (χ3v) is 4.99. The van der Waals surface area contributed by atoms with E-state index < -0.39 is 23.8 Å². The van der Waals surface area contributed by atoms with Gasteiger partial charge in [-0.05, 0) is 54.0 Å². The molecule has 31 heavy (non-hydrogen) atoms. The molecule has 0 spiro atoms. The molecule has 7 heteroatoms. The molecule has 6 nitrogen and oxygen atoms in total. The average molecular weight is 449 g/mol. The fourth-order valence-corrected chi connectivity index (χ4v) is 3.34. The van der Waals surface area contributed by atoms with Gasteiger partial charge in [0.2, 0.25) is 0 Å². The summed E-state index contributed by atoms with van der Waals surface area (Å²) in [5.74, 6) is -2.10. The van der Waals surface area contributed by atoms with Gasteiger partial charge in [0, 0.05) is 18.1 Å². The third-order valence-electron chi connectivity index (χ3n) is 4.76. The Hall–Kier alpha value is -2.41. The van der Waals surface area contributed by atoms with Crippen molar-refractivity contribution in [1.82, 2.24) is 0 Å². The molecule has 0 saturated carbocycles. The standard InChI is InChI=1S/C14H21NO2.C10H12ClNO2/c1-10(2)6-11-4-3-5-12(7-11)8-13(9-15)14(16)17;11-9-3-1-2-7(5-9)4-8(6-12)10(13)14/h3-5,7,10,13H,6,8-9,15H2,1-2H3,(H,16,17);1-3,5,8H,4,6,12H2,(H,13,14)/t13-;8-/m00/s1. The van der Waals surface area contributed by atoms with E-state index in [-0.39, 0.29) is 13.1 Å². The second kappa shape index (κ2) is 13.8. The molecular weight excluding hydrogens is 416 g/mol. The Morgan fingerprint density at radius 3 is 1.61 bits per heavy atom. The highest BCUT2D eigenvalue weighted by Gasteiger charge is 2.16. The fraction of sp³-hybridized carbons (Fsp3) is 0.417. The van der Waals surface area contributed by atoms with Gasteiger partial charge in [-0.15, -0.1) is 0 Å². The van der Waals surface area contributed by atoms with E-state index in [9.17, 15) is 9.59 Å². The van der Waals surface area contributed by atoms with E-state index in [4.69, 9.17) is 33.3 Å². The van der Waals surface area contributed by atoms with Crippen LogP contribution in [-0.4, -0.2) is 35.2 Å². The van der Waals surface area contributed by atoms with Gasteiger partial charge in [0.1, 0.15) is 0 Å². The highest BCUT2D eigenvalue weighted by molar-refractivity contribution is 6.30. The fourth-order valence-electron chi connectivity index (χ4n) is 3.13.